The Bertz CT molecular complexity index is 353. The first-order valence-corrected chi connectivity index (χ1v) is 6.21. The van der Waals surface area contributed by atoms with Crippen molar-refractivity contribution in [3.05, 3.63) is 17.5 Å². The Morgan fingerprint density at radius 3 is 3.13 bits per heavy atom. The van der Waals surface area contributed by atoms with Crippen LogP contribution in [0.25, 0.3) is 0 Å². The van der Waals surface area contributed by atoms with Crippen molar-refractivity contribution in [2.24, 2.45) is 5.73 Å². The summed E-state index contributed by atoms with van der Waals surface area (Å²) >= 11 is 1.89. The topological polar surface area (TPSA) is 55.0 Å². The number of nitrogens with two attached hydrogens (primary N) is 1. The molecule has 15 heavy (non-hydrogen) atoms. The highest BCUT2D eigenvalue weighted by atomic mass is 32.2. The van der Waals surface area contributed by atoms with Crippen LogP contribution < -0.4 is 10.6 Å². The molecule has 0 fully saturated rings. The van der Waals surface area contributed by atoms with Gasteiger partial charge >= 0.3 is 0 Å². The Morgan fingerprint density at radius 1 is 1.60 bits per heavy atom. The Kier molecular flexibility index (Phi) is 3.11. The Hall–Kier alpha value is -0.810. The van der Waals surface area contributed by atoms with Crippen molar-refractivity contribution in [1.29, 1.82) is 0 Å². The van der Waals surface area contributed by atoms with Gasteiger partial charge in [-0.25, -0.2) is 9.97 Å². The molecule has 2 heterocycles. The van der Waals surface area contributed by atoms with Crippen molar-refractivity contribution < 1.29 is 0 Å². The van der Waals surface area contributed by atoms with Gasteiger partial charge in [0.2, 0.25) is 5.95 Å². The average molecular weight is 224 g/mol. The Labute approximate surface area is 94.3 Å². The number of aromatic nitrogens is 2. The van der Waals surface area contributed by atoms with E-state index in [0.717, 1.165) is 24.0 Å². The molecular weight excluding hydrogens is 208 g/mol. The van der Waals surface area contributed by atoms with E-state index >= 15 is 0 Å². The lowest BCUT2D eigenvalue weighted by molar-refractivity contribution is 0.703. The quantitative estimate of drug-likeness (QED) is 0.830. The van der Waals surface area contributed by atoms with Gasteiger partial charge in [-0.05, 0) is 6.92 Å². The lowest BCUT2D eigenvalue weighted by Gasteiger charge is -2.19. The summed E-state index contributed by atoms with van der Waals surface area (Å²) in [7, 11) is 1.98. The number of likely N-dealkylation sites (N-methyl/N-ethyl adjacent to an activating group) is 1. The third kappa shape index (κ3) is 2.41. The molecule has 0 aromatic carbocycles. The third-order valence-electron chi connectivity index (χ3n) is 2.34. The zero-order valence-corrected chi connectivity index (χ0v) is 9.92. The van der Waals surface area contributed by atoms with Crippen LogP contribution in [-0.2, 0) is 11.5 Å². The molecule has 1 aromatic heterocycles. The molecule has 2 N–H and O–H groups in total. The SMILES string of the molecule is CC(N)CN(C)c1ncc2c(n1)CSC2. The van der Waals surface area contributed by atoms with E-state index in [-0.39, 0.29) is 6.04 Å². The van der Waals surface area contributed by atoms with E-state index in [1.165, 1.54) is 11.3 Å². The second kappa shape index (κ2) is 4.37. The van der Waals surface area contributed by atoms with Crippen LogP contribution in [-0.4, -0.2) is 29.6 Å². The van der Waals surface area contributed by atoms with Gasteiger partial charge in [-0.15, -0.1) is 0 Å². The van der Waals surface area contributed by atoms with Gasteiger partial charge < -0.3 is 10.6 Å². The van der Waals surface area contributed by atoms with Crippen LogP contribution in [0.2, 0.25) is 0 Å². The van der Waals surface area contributed by atoms with Crippen LogP contribution in [0.3, 0.4) is 0 Å². The molecule has 4 nitrogen and oxygen atoms in total. The van der Waals surface area contributed by atoms with E-state index in [0.29, 0.717) is 0 Å². The molecule has 1 unspecified atom stereocenters. The van der Waals surface area contributed by atoms with Gasteiger partial charge in [-0.2, -0.15) is 11.8 Å². The fraction of sp³-hybridized carbons (Fsp3) is 0.600. The van der Waals surface area contributed by atoms with Gasteiger partial charge in [0.15, 0.2) is 0 Å². The highest BCUT2D eigenvalue weighted by Crippen LogP contribution is 2.28. The van der Waals surface area contributed by atoms with Crippen LogP contribution in [0.15, 0.2) is 6.20 Å². The van der Waals surface area contributed by atoms with Crippen LogP contribution in [0.5, 0.6) is 0 Å². The number of hydrogen-bond donors (Lipinski definition) is 1. The number of rotatable bonds is 3. The molecule has 0 amide bonds. The summed E-state index contributed by atoms with van der Waals surface area (Å²) in [5.74, 6) is 2.84. The maximum absolute atomic E-state index is 5.74. The maximum Gasteiger partial charge on any atom is 0.225 e. The van der Waals surface area contributed by atoms with Crippen molar-refractivity contribution >= 4 is 17.7 Å². The first-order valence-electron chi connectivity index (χ1n) is 5.06. The fourth-order valence-electron chi connectivity index (χ4n) is 1.63. The second-order valence-corrected chi connectivity index (χ2v) is 4.98. The minimum atomic E-state index is 0.140. The highest BCUT2D eigenvalue weighted by Gasteiger charge is 2.15. The molecule has 0 saturated heterocycles. The molecular formula is C10H16N4S. The van der Waals surface area contributed by atoms with E-state index in [9.17, 15) is 0 Å². The zero-order chi connectivity index (χ0) is 10.8. The summed E-state index contributed by atoms with van der Waals surface area (Å²) < 4.78 is 0. The molecule has 1 atom stereocenters. The Balaban J connectivity index is 2.15. The monoisotopic (exact) mass is 224 g/mol. The summed E-state index contributed by atoms with van der Waals surface area (Å²) in [5, 5.41) is 0. The first-order chi connectivity index (χ1) is 7.16. The lowest BCUT2D eigenvalue weighted by Crippen LogP contribution is -2.33. The van der Waals surface area contributed by atoms with E-state index in [2.05, 4.69) is 9.97 Å². The summed E-state index contributed by atoms with van der Waals surface area (Å²) in [6, 6.07) is 0.140. The average Bonchev–Trinajstić information content (AvgIpc) is 2.62. The number of anilines is 1. The normalized spacial score (nSPS) is 16.2. The predicted molar refractivity (Wildman–Crippen MR) is 64.0 cm³/mol. The molecule has 0 bridgehead atoms. The molecule has 5 heteroatoms. The van der Waals surface area contributed by atoms with E-state index < -0.39 is 0 Å². The van der Waals surface area contributed by atoms with Crippen molar-refractivity contribution in [2.75, 3.05) is 18.5 Å². The van der Waals surface area contributed by atoms with Crippen LogP contribution in [0.1, 0.15) is 18.2 Å². The molecule has 1 aromatic rings. The summed E-state index contributed by atoms with van der Waals surface area (Å²) in [4.78, 5) is 10.9. The first kappa shape index (κ1) is 10.7. The van der Waals surface area contributed by atoms with Crippen LogP contribution >= 0.6 is 11.8 Å². The van der Waals surface area contributed by atoms with Gasteiger partial charge in [-0.1, -0.05) is 0 Å². The molecule has 0 radical (unpaired) electrons. The highest BCUT2D eigenvalue weighted by molar-refractivity contribution is 7.98. The molecule has 1 aliphatic rings. The minimum absolute atomic E-state index is 0.140. The molecule has 0 aliphatic carbocycles. The second-order valence-electron chi connectivity index (χ2n) is 3.99. The summed E-state index contributed by atoms with van der Waals surface area (Å²) in [5.41, 5.74) is 8.20. The van der Waals surface area contributed by atoms with Gasteiger partial charge in [-0.3, -0.25) is 0 Å². The van der Waals surface area contributed by atoms with E-state index in [1.807, 2.05) is 36.8 Å². The number of hydrogen-bond acceptors (Lipinski definition) is 5. The van der Waals surface area contributed by atoms with E-state index in [1.54, 1.807) is 0 Å². The summed E-state index contributed by atoms with van der Waals surface area (Å²) in [6.07, 6.45) is 1.94. The van der Waals surface area contributed by atoms with Crippen molar-refractivity contribution in [3.8, 4) is 0 Å². The molecule has 0 spiro atoms. The zero-order valence-electron chi connectivity index (χ0n) is 9.10. The standard InChI is InChI=1S/C10H16N4S/c1-7(11)4-14(2)10-12-3-8-5-15-6-9(8)13-10/h3,7H,4-6,11H2,1-2H3. The smallest absolute Gasteiger partial charge is 0.225 e. The van der Waals surface area contributed by atoms with Gasteiger partial charge in [0.1, 0.15) is 0 Å². The molecule has 0 saturated carbocycles. The van der Waals surface area contributed by atoms with Crippen LogP contribution in [0.4, 0.5) is 5.95 Å². The molecule has 1 aliphatic heterocycles. The van der Waals surface area contributed by atoms with Gasteiger partial charge in [0, 0.05) is 42.9 Å². The minimum Gasteiger partial charge on any atom is -0.342 e. The van der Waals surface area contributed by atoms with Crippen molar-refractivity contribution in [2.45, 2.75) is 24.5 Å². The molecule has 2 rings (SSSR count). The van der Waals surface area contributed by atoms with E-state index in [4.69, 9.17) is 5.73 Å². The maximum atomic E-state index is 5.74. The van der Waals surface area contributed by atoms with Gasteiger partial charge in [0.25, 0.3) is 0 Å². The number of nitrogens with zero attached hydrogens (tertiary/aromatic N) is 3. The largest absolute Gasteiger partial charge is 0.342 e. The lowest BCUT2D eigenvalue weighted by atomic mass is 10.3. The molecule has 82 valence electrons. The fourth-order valence-corrected chi connectivity index (χ4v) is 2.64. The van der Waals surface area contributed by atoms with Gasteiger partial charge in [0.05, 0.1) is 5.69 Å². The summed E-state index contributed by atoms with van der Waals surface area (Å²) in [6.45, 7) is 2.77. The number of fused-ring (bicyclic) bond motifs is 1. The van der Waals surface area contributed by atoms with Crippen LogP contribution in [0, 0.1) is 0 Å². The van der Waals surface area contributed by atoms with Crippen molar-refractivity contribution in [3.63, 3.8) is 0 Å². The Morgan fingerprint density at radius 2 is 2.40 bits per heavy atom. The van der Waals surface area contributed by atoms with Crippen molar-refractivity contribution in [1.82, 2.24) is 9.97 Å². The third-order valence-corrected chi connectivity index (χ3v) is 3.33. The number of thioether (sulfide) groups is 1. The predicted octanol–water partition coefficient (Wildman–Crippen LogP) is 1.01.